The summed E-state index contributed by atoms with van der Waals surface area (Å²) in [4.78, 5) is 0. The Morgan fingerprint density at radius 1 is 1.70 bits per heavy atom. The summed E-state index contributed by atoms with van der Waals surface area (Å²) >= 11 is 2.44. The van der Waals surface area contributed by atoms with Gasteiger partial charge in [-0.1, -0.05) is 29.5 Å². The molecule has 1 aliphatic heterocycles. The molecule has 1 heterocycles. The van der Waals surface area contributed by atoms with Crippen LogP contribution in [0.1, 0.15) is 6.92 Å². The summed E-state index contributed by atoms with van der Waals surface area (Å²) in [5.41, 5.74) is 5.52. The van der Waals surface area contributed by atoms with Gasteiger partial charge in [-0.2, -0.15) is 0 Å². The minimum Gasteiger partial charge on any atom is -0.381 e. The van der Waals surface area contributed by atoms with Gasteiger partial charge in [-0.3, -0.25) is 0 Å². The second kappa shape index (κ2) is 3.41. The van der Waals surface area contributed by atoms with E-state index in [1.807, 2.05) is 0 Å². The lowest BCUT2D eigenvalue weighted by atomic mass is 9.92. The molecule has 0 amide bonds. The van der Waals surface area contributed by atoms with Crippen LogP contribution in [0.5, 0.6) is 0 Å². The molecule has 0 aromatic rings. The Labute approximate surface area is 76.4 Å². The Bertz CT molecular complexity index is 124. The van der Waals surface area contributed by atoms with Crippen LogP contribution in [-0.4, -0.2) is 30.4 Å². The standard InChI is InChI=1S/C6H13BINO/c1-3-4(2-9)10-6(7)5(3)8/h3-6H,2,7,9H2,1H3/t3?,4-,5?,6-/m1/s1. The summed E-state index contributed by atoms with van der Waals surface area (Å²) in [5, 5.41) is 0. The third-order valence-corrected chi connectivity index (χ3v) is 4.31. The topological polar surface area (TPSA) is 35.2 Å². The molecule has 4 atom stereocenters. The van der Waals surface area contributed by atoms with Crippen LogP contribution in [0.2, 0.25) is 0 Å². The molecule has 4 heteroatoms. The molecule has 0 saturated carbocycles. The van der Waals surface area contributed by atoms with E-state index in [1.54, 1.807) is 0 Å². The number of ether oxygens (including phenoxy) is 1. The Morgan fingerprint density at radius 3 is 2.50 bits per heavy atom. The van der Waals surface area contributed by atoms with E-state index in [4.69, 9.17) is 10.5 Å². The SMILES string of the molecule is B[C@@H]1O[C@H](CN)C(C)C1I. The van der Waals surface area contributed by atoms with Gasteiger partial charge in [-0.15, -0.1) is 0 Å². The van der Waals surface area contributed by atoms with E-state index in [0.29, 0.717) is 22.4 Å². The van der Waals surface area contributed by atoms with Crippen molar-refractivity contribution in [1.82, 2.24) is 0 Å². The van der Waals surface area contributed by atoms with Gasteiger partial charge >= 0.3 is 0 Å². The molecule has 0 aliphatic carbocycles. The fourth-order valence-electron chi connectivity index (χ4n) is 1.38. The molecular weight excluding hydrogens is 240 g/mol. The van der Waals surface area contributed by atoms with E-state index in [9.17, 15) is 0 Å². The Kier molecular flexibility index (Phi) is 3.00. The minimum atomic E-state index is 0.289. The van der Waals surface area contributed by atoms with Gasteiger partial charge in [0.1, 0.15) is 7.85 Å². The Morgan fingerprint density at radius 2 is 2.30 bits per heavy atom. The van der Waals surface area contributed by atoms with Crippen molar-refractivity contribution in [3.63, 3.8) is 0 Å². The fraction of sp³-hybridized carbons (Fsp3) is 1.00. The first kappa shape index (κ1) is 8.81. The highest BCUT2D eigenvalue weighted by molar-refractivity contribution is 14.1. The van der Waals surface area contributed by atoms with Crippen molar-refractivity contribution in [2.75, 3.05) is 6.54 Å². The molecular formula is C6H13BINO. The van der Waals surface area contributed by atoms with E-state index < -0.39 is 0 Å². The number of halogens is 1. The average molecular weight is 253 g/mol. The molecule has 10 heavy (non-hydrogen) atoms. The number of nitrogens with two attached hydrogens (primary N) is 1. The van der Waals surface area contributed by atoms with Crippen LogP contribution in [0.25, 0.3) is 0 Å². The van der Waals surface area contributed by atoms with Crippen molar-refractivity contribution in [1.29, 1.82) is 0 Å². The van der Waals surface area contributed by atoms with Gasteiger partial charge in [-0.25, -0.2) is 0 Å². The van der Waals surface area contributed by atoms with Gasteiger partial charge in [0, 0.05) is 16.5 Å². The molecule has 0 aromatic heterocycles. The molecule has 0 aromatic carbocycles. The zero-order valence-corrected chi connectivity index (χ0v) is 8.54. The van der Waals surface area contributed by atoms with E-state index in [0.717, 1.165) is 0 Å². The largest absolute Gasteiger partial charge is 0.381 e. The quantitative estimate of drug-likeness (QED) is 0.397. The summed E-state index contributed by atoms with van der Waals surface area (Å²) in [6.07, 6.45) is 0.289. The summed E-state index contributed by atoms with van der Waals surface area (Å²) in [6.45, 7) is 2.86. The molecule has 1 aliphatic rings. The van der Waals surface area contributed by atoms with Crippen LogP contribution in [0.3, 0.4) is 0 Å². The van der Waals surface area contributed by atoms with Gasteiger partial charge in [0.15, 0.2) is 0 Å². The smallest absolute Gasteiger partial charge is 0.140 e. The number of hydrogen-bond donors (Lipinski definition) is 1. The normalized spacial score (nSPS) is 47.9. The number of alkyl halides is 1. The van der Waals surface area contributed by atoms with Crippen LogP contribution < -0.4 is 5.73 Å². The van der Waals surface area contributed by atoms with E-state index in [-0.39, 0.29) is 6.10 Å². The zero-order chi connectivity index (χ0) is 7.72. The second-order valence-electron chi connectivity index (χ2n) is 2.92. The van der Waals surface area contributed by atoms with Gasteiger partial charge < -0.3 is 10.5 Å². The molecule has 0 radical (unpaired) electrons. The molecule has 58 valence electrons. The van der Waals surface area contributed by atoms with Crippen molar-refractivity contribution < 1.29 is 4.74 Å². The first-order chi connectivity index (χ1) is 4.66. The Hall–Kier alpha value is 0.715. The van der Waals surface area contributed by atoms with Crippen LogP contribution in [0.15, 0.2) is 0 Å². The van der Waals surface area contributed by atoms with Gasteiger partial charge in [0.2, 0.25) is 0 Å². The third kappa shape index (κ3) is 1.48. The molecule has 2 unspecified atom stereocenters. The first-order valence-electron chi connectivity index (χ1n) is 3.66. The van der Waals surface area contributed by atoms with Crippen molar-refractivity contribution in [3.8, 4) is 0 Å². The Balaban J connectivity index is 2.53. The molecule has 1 fully saturated rings. The van der Waals surface area contributed by atoms with Gasteiger partial charge in [0.05, 0.1) is 6.10 Å². The zero-order valence-electron chi connectivity index (χ0n) is 6.38. The summed E-state index contributed by atoms with van der Waals surface area (Å²) in [6, 6.07) is 0.379. The maximum atomic E-state index is 5.60. The number of rotatable bonds is 1. The summed E-state index contributed by atoms with van der Waals surface area (Å²) in [7, 11) is 2.11. The highest BCUT2D eigenvalue weighted by Crippen LogP contribution is 2.30. The maximum Gasteiger partial charge on any atom is 0.140 e. The first-order valence-corrected chi connectivity index (χ1v) is 4.91. The fourth-order valence-corrected chi connectivity index (χ4v) is 2.01. The highest BCUT2D eigenvalue weighted by atomic mass is 127. The summed E-state index contributed by atoms with van der Waals surface area (Å²) in [5.74, 6) is 0.612. The third-order valence-electron chi connectivity index (χ3n) is 2.16. The molecule has 0 bridgehead atoms. The van der Waals surface area contributed by atoms with Crippen LogP contribution in [0.4, 0.5) is 0 Å². The maximum absolute atomic E-state index is 5.60. The van der Waals surface area contributed by atoms with E-state index >= 15 is 0 Å². The highest BCUT2D eigenvalue weighted by Gasteiger charge is 2.36. The van der Waals surface area contributed by atoms with Crippen LogP contribution >= 0.6 is 22.6 Å². The predicted molar refractivity (Wildman–Crippen MR) is 53.2 cm³/mol. The molecule has 2 N–H and O–H groups in total. The second-order valence-corrected chi connectivity index (χ2v) is 4.36. The monoisotopic (exact) mass is 253 g/mol. The van der Waals surface area contributed by atoms with E-state index in [1.165, 1.54) is 0 Å². The molecule has 1 rings (SSSR count). The van der Waals surface area contributed by atoms with Crippen molar-refractivity contribution >= 4 is 30.4 Å². The molecule has 1 saturated heterocycles. The van der Waals surface area contributed by atoms with Crippen LogP contribution in [0, 0.1) is 5.92 Å². The van der Waals surface area contributed by atoms with E-state index in [2.05, 4.69) is 37.4 Å². The minimum absolute atomic E-state index is 0.289. The molecule has 2 nitrogen and oxygen atoms in total. The molecule has 0 spiro atoms. The van der Waals surface area contributed by atoms with Gasteiger partial charge in [-0.05, 0) is 5.92 Å². The predicted octanol–water partition coefficient (Wildman–Crippen LogP) is -0.257. The van der Waals surface area contributed by atoms with Crippen molar-refractivity contribution in [2.24, 2.45) is 11.7 Å². The average Bonchev–Trinajstić information content (AvgIpc) is 2.17. The number of hydrogen-bond acceptors (Lipinski definition) is 2. The lowest BCUT2D eigenvalue weighted by Gasteiger charge is -2.11. The lowest BCUT2D eigenvalue weighted by Crippen LogP contribution is -2.26. The van der Waals surface area contributed by atoms with Gasteiger partial charge in [0.25, 0.3) is 0 Å². The lowest BCUT2D eigenvalue weighted by molar-refractivity contribution is 0.0812. The summed E-state index contributed by atoms with van der Waals surface area (Å²) < 4.78 is 6.23. The van der Waals surface area contributed by atoms with Crippen molar-refractivity contribution in [2.45, 2.75) is 23.0 Å². The van der Waals surface area contributed by atoms with Crippen molar-refractivity contribution in [3.05, 3.63) is 0 Å². The van der Waals surface area contributed by atoms with Crippen LogP contribution in [-0.2, 0) is 4.74 Å².